The molecule has 2 atom stereocenters. The molecule has 188 valence electrons. The van der Waals surface area contributed by atoms with Gasteiger partial charge in [-0.25, -0.2) is 9.78 Å². The van der Waals surface area contributed by atoms with Gasteiger partial charge in [-0.05, 0) is 39.2 Å². The number of piperidine rings is 1. The van der Waals surface area contributed by atoms with Gasteiger partial charge in [0.15, 0.2) is 5.13 Å². The summed E-state index contributed by atoms with van der Waals surface area (Å²) in [6, 6.07) is 1.89. The summed E-state index contributed by atoms with van der Waals surface area (Å²) in [4.78, 5) is 28.2. The highest BCUT2D eigenvalue weighted by atomic mass is 32.1. The van der Waals surface area contributed by atoms with Crippen LogP contribution in [-0.2, 0) is 16.1 Å². The molecule has 0 aromatic carbocycles. The van der Waals surface area contributed by atoms with Gasteiger partial charge in [-0.15, -0.1) is 11.3 Å². The third-order valence-corrected chi connectivity index (χ3v) is 6.48. The first kappa shape index (κ1) is 25.9. The Morgan fingerprint density at radius 1 is 1.41 bits per heavy atom. The average Bonchev–Trinajstić information content (AvgIpc) is 3.52. The van der Waals surface area contributed by atoms with Crippen LogP contribution >= 0.6 is 11.3 Å². The summed E-state index contributed by atoms with van der Waals surface area (Å²) in [6.45, 7) is 7.72. The van der Waals surface area contributed by atoms with Crippen molar-refractivity contribution in [2.75, 3.05) is 31.6 Å². The van der Waals surface area contributed by atoms with Crippen LogP contribution in [0, 0.1) is 12.8 Å². The predicted octanol–water partition coefficient (Wildman–Crippen LogP) is 3.42. The van der Waals surface area contributed by atoms with Gasteiger partial charge in [0.1, 0.15) is 5.69 Å². The number of aryl methyl sites for hydroxylation is 2. The molecule has 4 heterocycles. The lowest BCUT2D eigenvalue weighted by Crippen LogP contribution is -2.50. The third kappa shape index (κ3) is 6.47. The molecule has 1 amide bonds. The fourth-order valence-electron chi connectivity index (χ4n) is 4.29. The molecule has 2 unspecified atom stereocenters. The maximum atomic E-state index is 13.1. The minimum Gasteiger partial charge on any atom is -0.475 e. The number of nitrogens with one attached hydrogen (secondary N) is 1. The van der Waals surface area contributed by atoms with E-state index in [1.807, 2.05) is 36.4 Å². The number of alkyl halides is 3. The number of hydrogen-bond donors (Lipinski definition) is 2. The maximum Gasteiger partial charge on any atom is 0.490 e. The van der Waals surface area contributed by atoms with Crippen molar-refractivity contribution in [3.05, 3.63) is 29.0 Å². The number of anilines is 1. The van der Waals surface area contributed by atoms with Crippen molar-refractivity contribution in [2.24, 2.45) is 5.92 Å². The number of carbonyl (C=O) groups excluding carboxylic acids is 1. The van der Waals surface area contributed by atoms with Crippen molar-refractivity contribution in [3.63, 3.8) is 0 Å². The number of carboxylic acids is 1. The summed E-state index contributed by atoms with van der Waals surface area (Å²) in [7, 11) is 0. The average molecular weight is 504 g/mol. The molecule has 13 heteroatoms. The van der Waals surface area contributed by atoms with E-state index in [2.05, 4.69) is 15.4 Å². The van der Waals surface area contributed by atoms with Gasteiger partial charge in [0.05, 0.1) is 24.4 Å². The van der Waals surface area contributed by atoms with Gasteiger partial charge in [0.25, 0.3) is 5.91 Å². The minimum atomic E-state index is -5.08. The number of hydrogen-bond acceptors (Lipinski definition) is 7. The van der Waals surface area contributed by atoms with Crippen LogP contribution in [0.4, 0.5) is 18.3 Å². The second-order valence-electron chi connectivity index (χ2n) is 8.40. The van der Waals surface area contributed by atoms with Gasteiger partial charge >= 0.3 is 12.1 Å². The summed E-state index contributed by atoms with van der Waals surface area (Å²) < 4.78 is 39.8. The zero-order valence-electron chi connectivity index (χ0n) is 19.0. The van der Waals surface area contributed by atoms with E-state index in [4.69, 9.17) is 14.6 Å². The Bertz CT molecular complexity index is 982. The molecule has 34 heavy (non-hydrogen) atoms. The fraction of sp³-hybridized carbons (Fsp3) is 0.619. The van der Waals surface area contributed by atoms with Crippen molar-refractivity contribution in [1.82, 2.24) is 19.7 Å². The van der Waals surface area contributed by atoms with Crippen molar-refractivity contribution in [1.29, 1.82) is 0 Å². The first-order chi connectivity index (χ1) is 16.0. The number of nitrogens with zero attached hydrogens (tertiary/aromatic N) is 4. The van der Waals surface area contributed by atoms with Crippen LogP contribution < -0.4 is 5.32 Å². The molecule has 9 nitrogen and oxygen atoms in total. The summed E-state index contributed by atoms with van der Waals surface area (Å²) in [5.74, 6) is -2.23. The molecule has 0 aliphatic carbocycles. The second kappa shape index (κ2) is 10.7. The molecule has 2 saturated heterocycles. The van der Waals surface area contributed by atoms with Crippen molar-refractivity contribution in [2.45, 2.75) is 51.4 Å². The Morgan fingerprint density at radius 2 is 2.15 bits per heavy atom. The van der Waals surface area contributed by atoms with Gasteiger partial charge in [0.2, 0.25) is 0 Å². The van der Waals surface area contributed by atoms with Gasteiger partial charge in [-0.3, -0.25) is 9.48 Å². The zero-order chi connectivity index (χ0) is 24.9. The molecular formula is C21H28F3N5O4S. The number of carbonyl (C=O) groups is 2. The Balaban J connectivity index is 0.000000406. The summed E-state index contributed by atoms with van der Waals surface area (Å²) >= 11 is 1.62. The lowest BCUT2D eigenvalue weighted by atomic mass is 9.86. The van der Waals surface area contributed by atoms with Crippen molar-refractivity contribution < 1.29 is 32.6 Å². The highest BCUT2D eigenvalue weighted by Gasteiger charge is 2.44. The van der Waals surface area contributed by atoms with Gasteiger partial charge < -0.3 is 20.1 Å². The van der Waals surface area contributed by atoms with Crippen LogP contribution in [0.1, 0.15) is 42.4 Å². The molecular weight excluding hydrogens is 475 g/mol. The minimum absolute atomic E-state index is 0.0736. The molecule has 0 saturated carbocycles. The highest BCUT2D eigenvalue weighted by molar-refractivity contribution is 7.13. The molecule has 0 radical (unpaired) electrons. The van der Waals surface area contributed by atoms with E-state index >= 15 is 0 Å². The Morgan fingerprint density at radius 3 is 2.76 bits per heavy atom. The molecule has 2 aromatic heterocycles. The van der Waals surface area contributed by atoms with E-state index in [1.54, 1.807) is 16.0 Å². The van der Waals surface area contributed by atoms with Crippen LogP contribution in [0.2, 0.25) is 0 Å². The topological polar surface area (TPSA) is 110 Å². The van der Waals surface area contributed by atoms with Gasteiger partial charge in [-0.2, -0.15) is 18.3 Å². The van der Waals surface area contributed by atoms with E-state index in [9.17, 15) is 18.0 Å². The van der Waals surface area contributed by atoms with Crippen molar-refractivity contribution >= 4 is 28.3 Å². The van der Waals surface area contributed by atoms with E-state index < -0.39 is 12.1 Å². The number of likely N-dealkylation sites (tertiary alicyclic amines) is 1. The molecule has 4 rings (SSSR count). The monoisotopic (exact) mass is 503 g/mol. The Hall–Kier alpha value is -2.67. The molecule has 2 aliphatic heterocycles. The number of aromatic nitrogens is 3. The smallest absolute Gasteiger partial charge is 0.475 e. The number of aliphatic carboxylic acids is 1. The molecule has 0 bridgehead atoms. The number of rotatable bonds is 5. The zero-order valence-corrected chi connectivity index (χ0v) is 19.8. The van der Waals surface area contributed by atoms with Crippen LogP contribution in [0.15, 0.2) is 17.6 Å². The van der Waals surface area contributed by atoms with Crippen LogP contribution in [0.25, 0.3) is 0 Å². The molecule has 2 N–H and O–H groups in total. The van der Waals surface area contributed by atoms with Gasteiger partial charge in [-0.1, -0.05) is 0 Å². The van der Waals surface area contributed by atoms with Crippen molar-refractivity contribution in [3.8, 4) is 0 Å². The molecule has 2 aliphatic rings. The lowest BCUT2D eigenvalue weighted by Gasteiger charge is -2.39. The number of carboxylic acid groups (broad SMARTS) is 1. The van der Waals surface area contributed by atoms with E-state index in [0.717, 1.165) is 49.8 Å². The number of amides is 1. The summed E-state index contributed by atoms with van der Waals surface area (Å²) in [5, 5.41) is 17.9. The number of ether oxygens (including phenoxy) is 1. The number of halogens is 3. The first-order valence-electron chi connectivity index (χ1n) is 10.9. The Labute approximate surface area is 198 Å². The standard InChI is InChI=1S/C19H27N5O2S.C2HF3O2/c1-3-24-16(9-14(2)22-24)17(25)23-7-4-5-19(13-23)10-15(12-26-19)11-21-18-20-6-8-27-18;3-2(4,5)1(6)7/h6,8-9,15H,3-5,7,10-13H2,1-2H3,(H,20,21);(H,6,7). The number of thiazole rings is 1. The van der Waals surface area contributed by atoms with Crippen LogP contribution in [-0.4, -0.2) is 74.7 Å². The first-order valence-corrected chi connectivity index (χ1v) is 11.8. The Kier molecular flexibility index (Phi) is 8.18. The predicted molar refractivity (Wildman–Crippen MR) is 119 cm³/mol. The molecule has 1 spiro atoms. The summed E-state index contributed by atoms with van der Waals surface area (Å²) in [5.41, 5.74) is 1.37. The van der Waals surface area contributed by atoms with Crippen LogP contribution in [0.3, 0.4) is 0 Å². The highest BCUT2D eigenvalue weighted by Crippen LogP contribution is 2.38. The third-order valence-electron chi connectivity index (χ3n) is 5.75. The van der Waals surface area contributed by atoms with E-state index in [1.165, 1.54) is 0 Å². The molecule has 2 aromatic rings. The lowest BCUT2D eigenvalue weighted by molar-refractivity contribution is -0.192. The van der Waals surface area contributed by atoms with E-state index in [0.29, 0.717) is 24.7 Å². The summed E-state index contributed by atoms with van der Waals surface area (Å²) in [6.07, 6.45) is -0.275. The fourth-order valence-corrected chi connectivity index (χ4v) is 4.83. The quantitative estimate of drug-likeness (QED) is 0.643. The van der Waals surface area contributed by atoms with Gasteiger partial charge in [0, 0.05) is 37.1 Å². The van der Waals surface area contributed by atoms with Crippen LogP contribution in [0.5, 0.6) is 0 Å². The maximum absolute atomic E-state index is 13.1. The largest absolute Gasteiger partial charge is 0.490 e. The second-order valence-corrected chi connectivity index (χ2v) is 9.30. The van der Waals surface area contributed by atoms with E-state index in [-0.39, 0.29) is 11.5 Å². The SMILES string of the molecule is CCn1nc(C)cc1C(=O)N1CCCC2(CC(CNc3nccs3)CO2)C1.O=C(O)C(F)(F)F. The normalized spacial score (nSPS) is 22.4. The molecule has 2 fully saturated rings.